The van der Waals surface area contributed by atoms with Gasteiger partial charge >= 0.3 is 0 Å². The van der Waals surface area contributed by atoms with Gasteiger partial charge < -0.3 is 19.5 Å². The number of likely N-dealkylation sites (N-methyl/N-ethyl adjacent to an activating group) is 1. The van der Waals surface area contributed by atoms with Crippen LogP contribution in [0.3, 0.4) is 0 Å². The highest BCUT2D eigenvalue weighted by Gasteiger charge is 2.22. The largest absolute Gasteiger partial charge is 0.379 e. The van der Waals surface area contributed by atoms with Crippen LogP contribution in [0.5, 0.6) is 0 Å². The van der Waals surface area contributed by atoms with Gasteiger partial charge in [-0.3, -0.25) is 14.6 Å². The van der Waals surface area contributed by atoms with Crippen LogP contribution in [0, 0.1) is 18.6 Å². The number of hydrogen-bond acceptors (Lipinski definition) is 7. The van der Waals surface area contributed by atoms with Crippen LogP contribution >= 0.6 is 0 Å². The predicted octanol–water partition coefficient (Wildman–Crippen LogP) is 3.86. The van der Waals surface area contributed by atoms with Crippen LogP contribution in [-0.4, -0.2) is 88.1 Å². The Morgan fingerprint density at radius 1 is 0.976 bits per heavy atom. The summed E-state index contributed by atoms with van der Waals surface area (Å²) in [5.74, 6) is -0.684. The van der Waals surface area contributed by atoms with Crippen LogP contribution in [-0.2, 0) is 22.6 Å². The monoisotopic (exact) mass is 561 g/mol. The molecule has 2 aromatic carbocycles. The molecule has 2 saturated heterocycles. The minimum Gasteiger partial charge on any atom is -0.379 e. The quantitative estimate of drug-likeness (QED) is 0.367. The van der Waals surface area contributed by atoms with E-state index in [1.807, 2.05) is 36.2 Å². The number of rotatable bonds is 7. The summed E-state index contributed by atoms with van der Waals surface area (Å²) in [6.07, 6.45) is 3.42. The number of piperazine rings is 1. The minimum atomic E-state index is -0.588. The maximum atomic E-state index is 15.1. The van der Waals surface area contributed by atoms with E-state index in [0.717, 1.165) is 28.7 Å². The third kappa shape index (κ3) is 5.92. The molecule has 41 heavy (non-hydrogen) atoms. The van der Waals surface area contributed by atoms with Gasteiger partial charge in [0.1, 0.15) is 17.3 Å². The number of aryl methyl sites for hydroxylation is 1. The Balaban J connectivity index is 1.22. The number of benzene rings is 2. The zero-order valence-corrected chi connectivity index (χ0v) is 23.2. The molecule has 0 unspecified atom stereocenters. The molecule has 0 atom stereocenters. The summed E-state index contributed by atoms with van der Waals surface area (Å²) in [4.78, 5) is 27.2. The normalized spacial score (nSPS) is 17.0. The van der Waals surface area contributed by atoms with Gasteiger partial charge in [0.25, 0.3) is 0 Å². The molecule has 4 aromatic rings. The highest BCUT2D eigenvalue weighted by molar-refractivity contribution is 5.79. The van der Waals surface area contributed by atoms with Gasteiger partial charge in [-0.2, -0.15) is 4.98 Å². The number of halogens is 2. The number of morpholine rings is 1. The predicted molar refractivity (Wildman–Crippen MR) is 152 cm³/mol. The van der Waals surface area contributed by atoms with Crippen molar-refractivity contribution >= 4 is 28.6 Å². The Morgan fingerprint density at radius 3 is 2.51 bits per heavy atom. The Bertz CT molecular complexity index is 1560. The minimum absolute atomic E-state index is 0.0557. The molecule has 0 radical (unpaired) electrons. The van der Waals surface area contributed by atoms with Crippen molar-refractivity contribution in [2.45, 2.75) is 20.0 Å². The van der Waals surface area contributed by atoms with Crippen LogP contribution in [0.25, 0.3) is 16.7 Å². The molecule has 1 amide bonds. The second-order valence-electron chi connectivity index (χ2n) is 10.7. The van der Waals surface area contributed by atoms with Crippen LogP contribution in [0.2, 0.25) is 0 Å². The highest BCUT2D eigenvalue weighted by atomic mass is 19.1. The molecular weight excluding hydrogens is 528 g/mol. The number of nitrogens with one attached hydrogen (secondary N) is 1. The lowest BCUT2D eigenvalue weighted by molar-refractivity contribution is -0.134. The number of ether oxygens (including phenoxy) is 1. The molecule has 4 heterocycles. The van der Waals surface area contributed by atoms with Crippen molar-refractivity contribution in [1.29, 1.82) is 0 Å². The van der Waals surface area contributed by atoms with E-state index in [2.05, 4.69) is 27.1 Å². The summed E-state index contributed by atoms with van der Waals surface area (Å²) in [6.45, 7) is 7.29. The van der Waals surface area contributed by atoms with Crippen molar-refractivity contribution in [3.8, 4) is 5.69 Å². The fourth-order valence-corrected chi connectivity index (χ4v) is 5.28. The van der Waals surface area contributed by atoms with Gasteiger partial charge in [0, 0.05) is 75.3 Å². The molecule has 2 aliphatic heterocycles. The van der Waals surface area contributed by atoms with Gasteiger partial charge in [-0.1, -0.05) is 6.07 Å². The molecule has 214 valence electrons. The first-order valence-corrected chi connectivity index (χ1v) is 13.8. The van der Waals surface area contributed by atoms with Crippen LogP contribution in [0.4, 0.5) is 20.4 Å². The summed E-state index contributed by atoms with van der Waals surface area (Å²) in [6, 6.07) is 10.5. The molecule has 0 bridgehead atoms. The van der Waals surface area contributed by atoms with Crippen LogP contribution < -0.4 is 5.32 Å². The van der Waals surface area contributed by atoms with Crippen LogP contribution in [0.1, 0.15) is 16.7 Å². The first kappa shape index (κ1) is 27.3. The van der Waals surface area contributed by atoms with E-state index in [1.54, 1.807) is 21.9 Å². The van der Waals surface area contributed by atoms with Crippen molar-refractivity contribution in [1.82, 2.24) is 29.2 Å². The van der Waals surface area contributed by atoms with Gasteiger partial charge in [0.15, 0.2) is 0 Å². The number of carbonyl (C=O) groups excluding carboxylic acids is 1. The second-order valence-corrected chi connectivity index (χ2v) is 10.7. The van der Waals surface area contributed by atoms with E-state index in [1.165, 1.54) is 12.1 Å². The van der Waals surface area contributed by atoms with Gasteiger partial charge in [0.2, 0.25) is 11.9 Å². The summed E-state index contributed by atoms with van der Waals surface area (Å²) in [5.41, 5.74) is 4.00. The molecule has 2 aromatic heterocycles. The Hall–Kier alpha value is -3.93. The Morgan fingerprint density at radius 2 is 1.76 bits per heavy atom. The fraction of sp³-hybridized carbons (Fsp3) is 0.367. The molecule has 2 fully saturated rings. The van der Waals surface area contributed by atoms with Crippen LogP contribution in [0.15, 0.2) is 48.8 Å². The molecule has 11 heteroatoms. The average molecular weight is 562 g/mol. The third-order valence-corrected chi connectivity index (χ3v) is 7.85. The third-order valence-electron chi connectivity index (χ3n) is 7.85. The average Bonchev–Trinajstić information content (AvgIpc) is 3.38. The Kier molecular flexibility index (Phi) is 7.65. The lowest BCUT2D eigenvalue weighted by Crippen LogP contribution is -2.48. The van der Waals surface area contributed by atoms with E-state index in [4.69, 9.17) is 4.74 Å². The SMILES string of the molecule is Cc1ccc(Nc2ncc3ccn(-c4cc(F)c(CN5CCOCC5)c(F)c4)c3n2)cc1CN1CCN(C)C(=O)C1. The molecule has 0 saturated carbocycles. The number of hydrogen-bond donors (Lipinski definition) is 1. The van der Waals surface area contributed by atoms with Gasteiger partial charge in [0.05, 0.1) is 25.4 Å². The molecule has 9 nitrogen and oxygen atoms in total. The first-order valence-electron chi connectivity index (χ1n) is 13.8. The van der Waals surface area contributed by atoms with Crippen molar-refractivity contribution < 1.29 is 18.3 Å². The zero-order chi connectivity index (χ0) is 28.5. The van der Waals surface area contributed by atoms with Gasteiger partial charge in [-0.05, 0) is 48.4 Å². The van der Waals surface area contributed by atoms with E-state index in [0.29, 0.717) is 63.2 Å². The molecule has 0 spiro atoms. The van der Waals surface area contributed by atoms with Crippen molar-refractivity contribution in [3.05, 3.63) is 77.1 Å². The summed E-state index contributed by atoms with van der Waals surface area (Å²) < 4.78 is 37.2. The zero-order valence-electron chi connectivity index (χ0n) is 23.2. The lowest BCUT2D eigenvalue weighted by Gasteiger charge is -2.32. The van der Waals surface area contributed by atoms with Crippen molar-refractivity contribution in [2.75, 3.05) is 58.3 Å². The summed E-state index contributed by atoms with van der Waals surface area (Å²) in [7, 11) is 1.83. The molecule has 0 aliphatic carbocycles. The standard InChI is InChI=1S/C30H33F2N7O2/c1-20-3-4-23(13-22(20)17-38-8-7-36(2)28(40)19-38)34-30-33-16-21-5-6-39(29(21)35-30)24-14-26(31)25(27(32)15-24)18-37-9-11-41-12-10-37/h3-6,13-16H,7-12,17-19H2,1-2H3,(H,33,34,35). The van der Waals surface area contributed by atoms with Gasteiger partial charge in [-0.25, -0.2) is 13.8 Å². The molecule has 2 aliphatic rings. The molecule has 1 N–H and O–H groups in total. The van der Waals surface area contributed by atoms with Gasteiger partial charge in [-0.15, -0.1) is 0 Å². The summed E-state index contributed by atoms with van der Waals surface area (Å²) >= 11 is 0. The number of carbonyl (C=O) groups is 1. The molecule has 6 rings (SSSR count). The number of nitrogens with zero attached hydrogens (tertiary/aromatic N) is 6. The number of anilines is 2. The first-order chi connectivity index (χ1) is 19.8. The Labute approximate surface area is 237 Å². The number of fused-ring (bicyclic) bond motifs is 1. The maximum absolute atomic E-state index is 15.1. The summed E-state index contributed by atoms with van der Waals surface area (Å²) in [5, 5.41) is 4.02. The lowest BCUT2D eigenvalue weighted by atomic mass is 10.1. The topological polar surface area (TPSA) is 78.8 Å². The van der Waals surface area contributed by atoms with E-state index in [-0.39, 0.29) is 18.0 Å². The highest BCUT2D eigenvalue weighted by Crippen LogP contribution is 2.26. The molecular formula is C30H33F2N7O2. The van der Waals surface area contributed by atoms with Crippen molar-refractivity contribution in [2.24, 2.45) is 0 Å². The number of amides is 1. The van der Waals surface area contributed by atoms with E-state index in [9.17, 15) is 4.79 Å². The van der Waals surface area contributed by atoms with Crippen molar-refractivity contribution in [3.63, 3.8) is 0 Å². The number of aromatic nitrogens is 3. The van der Waals surface area contributed by atoms with E-state index < -0.39 is 11.6 Å². The second kappa shape index (κ2) is 11.5. The van der Waals surface area contributed by atoms with E-state index >= 15 is 8.78 Å². The smallest absolute Gasteiger partial charge is 0.236 e. The fourth-order valence-electron chi connectivity index (χ4n) is 5.28. The maximum Gasteiger partial charge on any atom is 0.236 e.